The van der Waals surface area contributed by atoms with Crippen LogP contribution in [0, 0.1) is 5.82 Å². The minimum absolute atomic E-state index is 0.0519. The highest BCUT2D eigenvalue weighted by atomic mass is 19.1. The molecule has 3 aromatic rings. The molecule has 0 saturated carbocycles. The molecular weight excluding hydrogens is 336 g/mol. The summed E-state index contributed by atoms with van der Waals surface area (Å²) in [6.45, 7) is 0. The summed E-state index contributed by atoms with van der Waals surface area (Å²) >= 11 is 0. The SMILES string of the molecule is O=C(CCc1ccccc1F)NC(Cc1coc2ccccc12)B(O)O. The molecule has 134 valence electrons. The number of hydrogen-bond acceptors (Lipinski definition) is 4. The van der Waals surface area contributed by atoms with Crippen molar-refractivity contribution < 1.29 is 23.7 Å². The van der Waals surface area contributed by atoms with Crippen molar-refractivity contribution in [2.24, 2.45) is 0 Å². The molecule has 0 bridgehead atoms. The number of carbonyl (C=O) groups is 1. The van der Waals surface area contributed by atoms with Crippen LogP contribution < -0.4 is 5.32 Å². The molecule has 1 heterocycles. The Balaban J connectivity index is 1.63. The maximum absolute atomic E-state index is 13.6. The van der Waals surface area contributed by atoms with Gasteiger partial charge >= 0.3 is 7.12 Å². The summed E-state index contributed by atoms with van der Waals surface area (Å²) in [4.78, 5) is 12.2. The lowest BCUT2D eigenvalue weighted by atomic mass is 9.76. The summed E-state index contributed by atoms with van der Waals surface area (Å²) in [7, 11) is -1.72. The summed E-state index contributed by atoms with van der Waals surface area (Å²) < 4.78 is 19.0. The van der Waals surface area contributed by atoms with Crippen LogP contribution in [0.5, 0.6) is 0 Å². The van der Waals surface area contributed by atoms with E-state index in [1.165, 1.54) is 6.07 Å². The number of amides is 1. The van der Waals surface area contributed by atoms with Crippen LogP contribution in [-0.2, 0) is 17.6 Å². The number of para-hydroxylation sites is 1. The Morgan fingerprint density at radius 2 is 1.85 bits per heavy atom. The number of hydrogen-bond donors (Lipinski definition) is 3. The van der Waals surface area contributed by atoms with E-state index in [0.717, 1.165) is 10.9 Å². The number of benzene rings is 2. The number of nitrogens with one attached hydrogen (secondary N) is 1. The van der Waals surface area contributed by atoms with E-state index in [2.05, 4.69) is 5.32 Å². The quantitative estimate of drug-likeness (QED) is 0.568. The van der Waals surface area contributed by atoms with Crippen LogP contribution in [0.2, 0.25) is 0 Å². The molecule has 1 aromatic heterocycles. The van der Waals surface area contributed by atoms with Gasteiger partial charge in [-0.3, -0.25) is 4.79 Å². The second-order valence-electron chi connectivity index (χ2n) is 6.14. The minimum atomic E-state index is -1.72. The van der Waals surface area contributed by atoms with Crippen molar-refractivity contribution in [3.63, 3.8) is 0 Å². The molecule has 1 amide bonds. The molecule has 0 aliphatic heterocycles. The predicted molar refractivity (Wildman–Crippen MR) is 96.8 cm³/mol. The van der Waals surface area contributed by atoms with Crippen molar-refractivity contribution in [2.45, 2.75) is 25.2 Å². The fraction of sp³-hybridized carbons (Fsp3) is 0.211. The van der Waals surface area contributed by atoms with Gasteiger partial charge in [-0.2, -0.15) is 0 Å². The van der Waals surface area contributed by atoms with Gasteiger partial charge in [-0.1, -0.05) is 36.4 Å². The second-order valence-corrected chi connectivity index (χ2v) is 6.14. The average molecular weight is 355 g/mol. The Hall–Kier alpha value is -2.64. The summed E-state index contributed by atoms with van der Waals surface area (Å²) in [6.07, 6.45) is 2.04. The zero-order valence-corrected chi connectivity index (χ0v) is 14.1. The molecule has 0 fully saturated rings. The number of aryl methyl sites for hydroxylation is 1. The van der Waals surface area contributed by atoms with Gasteiger partial charge in [0.15, 0.2) is 0 Å². The summed E-state index contributed by atoms with van der Waals surface area (Å²) in [5.74, 6) is -1.62. The van der Waals surface area contributed by atoms with E-state index in [0.29, 0.717) is 11.1 Å². The number of fused-ring (bicyclic) bond motifs is 1. The van der Waals surface area contributed by atoms with Crippen LogP contribution in [0.15, 0.2) is 59.2 Å². The van der Waals surface area contributed by atoms with Gasteiger partial charge in [-0.15, -0.1) is 0 Å². The van der Waals surface area contributed by atoms with Crippen molar-refractivity contribution in [3.8, 4) is 0 Å². The van der Waals surface area contributed by atoms with E-state index in [-0.39, 0.29) is 31.0 Å². The van der Waals surface area contributed by atoms with E-state index in [9.17, 15) is 19.2 Å². The average Bonchev–Trinajstić information content (AvgIpc) is 3.03. The van der Waals surface area contributed by atoms with Gasteiger partial charge in [0.2, 0.25) is 5.91 Å². The molecule has 5 nitrogen and oxygen atoms in total. The lowest BCUT2D eigenvalue weighted by Crippen LogP contribution is -2.47. The number of carbonyl (C=O) groups excluding carboxylic acids is 1. The normalized spacial score (nSPS) is 12.1. The minimum Gasteiger partial charge on any atom is -0.464 e. The number of rotatable bonds is 7. The first-order valence-corrected chi connectivity index (χ1v) is 8.38. The lowest BCUT2D eigenvalue weighted by Gasteiger charge is -2.17. The Morgan fingerprint density at radius 1 is 1.12 bits per heavy atom. The van der Waals surface area contributed by atoms with Crippen LogP contribution >= 0.6 is 0 Å². The monoisotopic (exact) mass is 355 g/mol. The summed E-state index contributed by atoms with van der Waals surface area (Å²) in [6, 6.07) is 13.7. The molecule has 2 aromatic carbocycles. The molecule has 0 aliphatic carbocycles. The van der Waals surface area contributed by atoms with E-state index in [1.807, 2.05) is 24.3 Å². The maximum atomic E-state index is 13.6. The molecule has 3 rings (SSSR count). The van der Waals surface area contributed by atoms with Gasteiger partial charge in [-0.25, -0.2) is 4.39 Å². The molecule has 1 atom stereocenters. The highest BCUT2D eigenvalue weighted by molar-refractivity contribution is 6.43. The smallest absolute Gasteiger partial charge is 0.464 e. The van der Waals surface area contributed by atoms with Gasteiger partial charge < -0.3 is 19.8 Å². The first-order chi connectivity index (χ1) is 12.5. The highest BCUT2D eigenvalue weighted by Gasteiger charge is 2.26. The van der Waals surface area contributed by atoms with Crippen molar-refractivity contribution in [1.29, 1.82) is 0 Å². The molecule has 3 N–H and O–H groups in total. The van der Waals surface area contributed by atoms with Crippen LogP contribution in [0.1, 0.15) is 17.5 Å². The summed E-state index contributed by atoms with van der Waals surface area (Å²) in [5, 5.41) is 22.7. The fourth-order valence-electron chi connectivity index (χ4n) is 2.89. The third kappa shape index (κ3) is 4.31. The van der Waals surface area contributed by atoms with Crippen molar-refractivity contribution in [2.75, 3.05) is 0 Å². The molecule has 0 spiro atoms. The Morgan fingerprint density at radius 3 is 2.62 bits per heavy atom. The highest BCUT2D eigenvalue weighted by Crippen LogP contribution is 2.22. The molecule has 0 aliphatic rings. The van der Waals surface area contributed by atoms with Gasteiger partial charge in [0.05, 0.1) is 12.2 Å². The van der Waals surface area contributed by atoms with Crippen LogP contribution in [0.3, 0.4) is 0 Å². The third-order valence-corrected chi connectivity index (χ3v) is 4.29. The molecule has 0 saturated heterocycles. The van der Waals surface area contributed by atoms with E-state index in [4.69, 9.17) is 4.42 Å². The van der Waals surface area contributed by atoms with Crippen LogP contribution in [-0.4, -0.2) is 29.0 Å². The molecule has 1 unspecified atom stereocenters. The van der Waals surface area contributed by atoms with Crippen LogP contribution in [0.25, 0.3) is 11.0 Å². The topological polar surface area (TPSA) is 82.7 Å². The molecule has 7 heteroatoms. The van der Waals surface area contributed by atoms with Crippen molar-refractivity contribution in [1.82, 2.24) is 5.32 Å². The molecule has 26 heavy (non-hydrogen) atoms. The van der Waals surface area contributed by atoms with Crippen molar-refractivity contribution in [3.05, 3.63) is 71.7 Å². The zero-order chi connectivity index (χ0) is 18.5. The summed E-state index contributed by atoms with van der Waals surface area (Å²) in [5.41, 5.74) is 1.91. The van der Waals surface area contributed by atoms with E-state index < -0.39 is 13.1 Å². The van der Waals surface area contributed by atoms with E-state index in [1.54, 1.807) is 24.5 Å². The van der Waals surface area contributed by atoms with Gasteiger partial charge in [-0.05, 0) is 36.1 Å². The largest absolute Gasteiger partial charge is 0.475 e. The predicted octanol–water partition coefficient (Wildman–Crippen LogP) is 2.24. The molecular formula is C19H19BFNO4. The lowest BCUT2D eigenvalue weighted by molar-refractivity contribution is -0.121. The van der Waals surface area contributed by atoms with Crippen LogP contribution in [0.4, 0.5) is 4.39 Å². The molecule has 0 radical (unpaired) electrons. The van der Waals surface area contributed by atoms with E-state index >= 15 is 0 Å². The van der Waals surface area contributed by atoms with Crippen molar-refractivity contribution >= 4 is 24.0 Å². The Bertz CT molecular complexity index is 896. The first-order valence-electron chi connectivity index (χ1n) is 8.38. The second kappa shape index (κ2) is 8.16. The Kier molecular flexibility index (Phi) is 5.70. The zero-order valence-electron chi connectivity index (χ0n) is 14.1. The fourth-order valence-corrected chi connectivity index (χ4v) is 2.89. The Labute approximate surface area is 150 Å². The van der Waals surface area contributed by atoms with Gasteiger partial charge in [0, 0.05) is 11.8 Å². The third-order valence-electron chi connectivity index (χ3n) is 4.29. The standard InChI is InChI=1S/C19H19BFNO4/c21-16-7-3-1-5-13(16)9-10-19(23)22-18(20(24)25)11-14-12-26-17-8-4-2-6-15(14)17/h1-8,12,18,24-25H,9-11H2,(H,22,23). The number of halogens is 1. The van der Waals surface area contributed by atoms with Gasteiger partial charge in [0.25, 0.3) is 0 Å². The van der Waals surface area contributed by atoms with Gasteiger partial charge in [0.1, 0.15) is 11.4 Å². The maximum Gasteiger partial charge on any atom is 0.475 e. The first kappa shape index (κ1) is 18.2. The number of furan rings is 1.